The van der Waals surface area contributed by atoms with Crippen LogP contribution >= 0.6 is 11.6 Å². The molecule has 0 spiro atoms. The summed E-state index contributed by atoms with van der Waals surface area (Å²) in [6.07, 6.45) is 0. The number of halogens is 2. The summed E-state index contributed by atoms with van der Waals surface area (Å²) in [4.78, 5) is 0.0747. The molecule has 0 bridgehead atoms. The Morgan fingerprint density at radius 2 is 1.80 bits per heavy atom. The molecule has 0 aromatic heterocycles. The van der Waals surface area contributed by atoms with Crippen molar-refractivity contribution >= 4 is 21.4 Å². The average molecular weight is 310 g/mol. The summed E-state index contributed by atoms with van der Waals surface area (Å²) in [5.41, 5.74) is 0.175. The lowest BCUT2D eigenvalue weighted by Crippen LogP contribution is -2.06. The molecule has 6 heteroatoms. The molecule has 0 amide bonds. The summed E-state index contributed by atoms with van der Waals surface area (Å²) in [5, 5.41) is 9.07. The van der Waals surface area contributed by atoms with Gasteiger partial charge in [0.05, 0.1) is 22.3 Å². The molecule has 0 fully saturated rings. The van der Waals surface area contributed by atoms with Crippen LogP contribution in [-0.2, 0) is 15.6 Å². The Hall–Kier alpha value is -1.90. The second-order valence-corrected chi connectivity index (χ2v) is 6.56. The Bertz CT molecular complexity index is 780. The van der Waals surface area contributed by atoms with Crippen molar-refractivity contribution in [1.29, 1.82) is 5.26 Å². The van der Waals surface area contributed by atoms with Gasteiger partial charge in [0.1, 0.15) is 5.82 Å². The molecule has 0 unspecified atom stereocenters. The summed E-state index contributed by atoms with van der Waals surface area (Å²) < 4.78 is 38.0. The molecule has 20 heavy (non-hydrogen) atoms. The Morgan fingerprint density at radius 3 is 2.35 bits per heavy atom. The van der Waals surface area contributed by atoms with Crippen molar-refractivity contribution in [3.05, 3.63) is 64.4 Å². The van der Waals surface area contributed by atoms with Gasteiger partial charge in [-0.15, -0.1) is 0 Å². The highest BCUT2D eigenvalue weighted by atomic mass is 35.5. The van der Waals surface area contributed by atoms with E-state index < -0.39 is 21.4 Å². The zero-order valence-electron chi connectivity index (χ0n) is 10.2. The predicted molar refractivity (Wildman–Crippen MR) is 73.5 cm³/mol. The molecule has 2 aromatic carbocycles. The molecule has 3 nitrogen and oxygen atoms in total. The lowest BCUT2D eigenvalue weighted by Gasteiger charge is -2.06. The molecular weight excluding hydrogens is 301 g/mol. The summed E-state index contributed by atoms with van der Waals surface area (Å²) >= 11 is 5.70. The molecule has 0 atom stereocenters. The van der Waals surface area contributed by atoms with Gasteiger partial charge in [-0.1, -0.05) is 17.7 Å². The third-order valence-corrected chi connectivity index (χ3v) is 4.63. The molecule has 0 N–H and O–H groups in total. The summed E-state index contributed by atoms with van der Waals surface area (Å²) in [7, 11) is -3.65. The molecule has 0 aliphatic rings. The van der Waals surface area contributed by atoms with Gasteiger partial charge in [-0.3, -0.25) is 0 Å². The minimum Gasteiger partial charge on any atom is -0.223 e. The first kappa shape index (κ1) is 14.5. The van der Waals surface area contributed by atoms with E-state index in [0.717, 1.165) is 6.07 Å². The van der Waals surface area contributed by atoms with Gasteiger partial charge in [0, 0.05) is 10.6 Å². The maximum Gasteiger partial charge on any atom is 0.182 e. The van der Waals surface area contributed by atoms with Crippen LogP contribution in [0.15, 0.2) is 47.4 Å². The second kappa shape index (κ2) is 5.61. The minimum atomic E-state index is -3.65. The van der Waals surface area contributed by atoms with E-state index in [-0.39, 0.29) is 16.0 Å². The number of hydrogen-bond acceptors (Lipinski definition) is 3. The van der Waals surface area contributed by atoms with Crippen molar-refractivity contribution in [2.45, 2.75) is 10.6 Å². The van der Waals surface area contributed by atoms with Gasteiger partial charge in [-0.25, -0.2) is 12.8 Å². The van der Waals surface area contributed by atoms with E-state index in [4.69, 9.17) is 16.9 Å². The van der Waals surface area contributed by atoms with Crippen molar-refractivity contribution in [3.8, 4) is 6.07 Å². The SMILES string of the molecule is N#Cc1ccc(CS(=O)(=O)c2ccc(Cl)cc2)c(F)c1. The van der Waals surface area contributed by atoms with Crippen molar-refractivity contribution in [2.24, 2.45) is 0 Å². The maximum absolute atomic E-state index is 13.7. The van der Waals surface area contributed by atoms with Gasteiger partial charge >= 0.3 is 0 Å². The Kier molecular flexibility index (Phi) is 4.07. The van der Waals surface area contributed by atoms with Gasteiger partial charge in [-0.2, -0.15) is 5.26 Å². The van der Waals surface area contributed by atoms with Crippen LogP contribution in [0.2, 0.25) is 5.02 Å². The normalized spacial score (nSPS) is 11.1. The predicted octanol–water partition coefficient (Wildman–Crippen LogP) is 3.32. The first-order chi connectivity index (χ1) is 9.42. The minimum absolute atomic E-state index is 0.0268. The van der Waals surface area contributed by atoms with Crippen LogP contribution in [0.4, 0.5) is 4.39 Å². The quantitative estimate of drug-likeness (QED) is 0.874. The Balaban J connectivity index is 2.34. The van der Waals surface area contributed by atoms with Crippen LogP contribution in [0.3, 0.4) is 0 Å². The molecule has 2 aromatic rings. The first-order valence-corrected chi connectivity index (χ1v) is 7.62. The van der Waals surface area contributed by atoms with Crippen molar-refractivity contribution < 1.29 is 12.8 Å². The number of rotatable bonds is 3. The maximum atomic E-state index is 13.7. The van der Waals surface area contributed by atoms with Crippen LogP contribution < -0.4 is 0 Å². The number of hydrogen-bond donors (Lipinski definition) is 0. The van der Waals surface area contributed by atoms with Crippen LogP contribution in [0, 0.1) is 17.1 Å². The summed E-state index contributed by atoms with van der Waals surface area (Å²) in [5.74, 6) is -1.17. The molecule has 0 saturated heterocycles. The highest BCUT2D eigenvalue weighted by Crippen LogP contribution is 2.20. The molecule has 0 radical (unpaired) electrons. The van der Waals surface area contributed by atoms with Gasteiger partial charge in [0.25, 0.3) is 0 Å². The largest absolute Gasteiger partial charge is 0.223 e. The molecule has 2 rings (SSSR count). The van der Waals surface area contributed by atoms with E-state index in [9.17, 15) is 12.8 Å². The van der Waals surface area contributed by atoms with Crippen molar-refractivity contribution in [1.82, 2.24) is 0 Å². The molecule has 0 aliphatic heterocycles. The van der Waals surface area contributed by atoms with E-state index in [2.05, 4.69) is 0 Å². The first-order valence-electron chi connectivity index (χ1n) is 5.59. The number of nitriles is 1. The second-order valence-electron chi connectivity index (χ2n) is 4.13. The lowest BCUT2D eigenvalue weighted by atomic mass is 10.1. The van der Waals surface area contributed by atoms with E-state index >= 15 is 0 Å². The highest BCUT2D eigenvalue weighted by Gasteiger charge is 2.17. The average Bonchev–Trinajstić information content (AvgIpc) is 2.41. The van der Waals surface area contributed by atoms with Crippen molar-refractivity contribution in [3.63, 3.8) is 0 Å². The fourth-order valence-electron chi connectivity index (χ4n) is 1.66. The summed E-state index contributed by atoms with van der Waals surface area (Å²) in [6.45, 7) is 0. The Labute approximate surface area is 121 Å². The number of nitrogens with zero attached hydrogens (tertiary/aromatic N) is 1. The molecular formula is C14H9ClFNO2S. The topological polar surface area (TPSA) is 57.9 Å². The molecule has 0 heterocycles. The third-order valence-electron chi connectivity index (χ3n) is 2.70. The van der Waals surface area contributed by atoms with E-state index in [1.807, 2.05) is 0 Å². The van der Waals surface area contributed by atoms with E-state index in [0.29, 0.717) is 5.02 Å². The zero-order valence-corrected chi connectivity index (χ0v) is 11.7. The van der Waals surface area contributed by atoms with Crippen LogP contribution in [0.5, 0.6) is 0 Å². The van der Waals surface area contributed by atoms with Crippen LogP contribution in [-0.4, -0.2) is 8.42 Å². The smallest absolute Gasteiger partial charge is 0.182 e. The standard InChI is InChI=1S/C14H9ClFNO2S/c15-12-3-5-13(6-4-12)20(18,19)9-11-2-1-10(8-17)7-14(11)16/h1-7H,9H2. The Morgan fingerprint density at radius 1 is 1.15 bits per heavy atom. The van der Waals surface area contributed by atoms with Gasteiger partial charge in [-0.05, 0) is 36.4 Å². The van der Waals surface area contributed by atoms with E-state index in [1.54, 1.807) is 6.07 Å². The van der Waals surface area contributed by atoms with Crippen LogP contribution in [0.25, 0.3) is 0 Å². The fraction of sp³-hybridized carbons (Fsp3) is 0.0714. The van der Waals surface area contributed by atoms with Gasteiger partial charge in [0.15, 0.2) is 9.84 Å². The van der Waals surface area contributed by atoms with Gasteiger partial charge in [0.2, 0.25) is 0 Å². The lowest BCUT2D eigenvalue weighted by molar-refractivity contribution is 0.587. The fourth-order valence-corrected chi connectivity index (χ4v) is 3.15. The summed E-state index contributed by atoms with van der Waals surface area (Å²) in [6, 6.07) is 11.2. The number of sulfone groups is 1. The molecule has 102 valence electrons. The molecule has 0 aliphatic carbocycles. The highest BCUT2D eigenvalue weighted by molar-refractivity contribution is 7.90. The monoisotopic (exact) mass is 309 g/mol. The van der Waals surface area contributed by atoms with Gasteiger partial charge < -0.3 is 0 Å². The van der Waals surface area contributed by atoms with E-state index in [1.165, 1.54) is 36.4 Å². The van der Waals surface area contributed by atoms with Crippen LogP contribution in [0.1, 0.15) is 11.1 Å². The third kappa shape index (κ3) is 3.16. The van der Waals surface area contributed by atoms with Crippen molar-refractivity contribution in [2.75, 3.05) is 0 Å². The zero-order chi connectivity index (χ0) is 14.8. The number of benzene rings is 2. The molecule has 0 saturated carbocycles.